The van der Waals surface area contributed by atoms with Crippen LogP contribution in [0.4, 0.5) is 8.78 Å². The van der Waals surface area contributed by atoms with Gasteiger partial charge in [-0.05, 0) is 28.1 Å². The summed E-state index contributed by atoms with van der Waals surface area (Å²) in [6, 6.07) is 2.12. The van der Waals surface area contributed by atoms with Crippen molar-refractivity contribution in [2.75, 3.05) is 0 Å². The second-order valence-electron chi connectivity index (χ2n) is 2.63. The summed E-state index contributed by atoms with van der Waals surface area (Å²) < 4.78 is 47.5. The predicted octanol–water partition coefficient (Wildman–Crippen LogP) is 1.52. The quantitative estimate of drug-likeness (QED) is 0.838. The van der Waals surface area contributed by atoms with Crippen molar-refractivity contribution < 1.29 is 17.2 Å². The summed E-state index contributed by atoms with van der Waals surface area (Å²) in [5, 5.41) is 4.68. The summed E-state index contributed by atoms with van der Waals surface area (Å²) >= 11 is 2.81. The van der Waals surface area contributed by atoms with E-state index in [1.807, 2.05) is 0 Å². The summed E-state index contributed by atoms with van der Waals surface area (Å²) in [5.74, 6) is -2.73. The third-order valence-corrected chi connectivity index (χ3v) is 2.79. The van der Waals surface area contributed by atoms with Gasteiger partial charge < -0.3 is 0 Å². The Hall–Kier alpha value is -0.530. The Bertz CT molecular complexity index is 461. The topological polar surface area (TPSA) is 60.2 Å². The minimum atomic E-state index is -3.94. The number of rotatable bonds is 2. The van der Waals surface area contributed by atoms with E-state index in [2.05, 4.69) is 21.1 Å². The molecule has 2 N–H and O–H groups in total. The average Bonchev–Trinajstić information content (AvgIpc) is 2.04. The molecule has 3 nitrogen and oxygen atoms in total. The molecule has 78 valence electrons. The molecule has 0 aliphatic heterocycles. The van der Waals surface area contributed by atoms with Gasteiger partial charge in [0.25, 0.3) is 0 Å². The van der Waals surface area contributed by atoms with Gasteiger partial charge in [0.2, 0.25) is 10.0 Å². The second kappa shape index (κ2) is 3.92. The lowest BCUT2D eigenvalue weighted by molar-refractivity contribution is 0.552. The SMILES string of the molecule is NS(=O)(=O)Cc1c(F)ccc(Br)c1F. The molecular weight excluding hydrogens is 280 g/mol. The van der Waals surface area contributed by atoms with Crippen LogP contribution in [0.25, 0.3) is 0 Å². The Morgan fingerprint density at radius 2 is 1.93 bits per heavy atom. The van der Waals surface area contributed by atoms with E-state index >= 15 is 0 Å². The number of nitrogens with two attached hydrogens (primary N) is 1. The summed E-state index contributed by atoms with van der Waals surface area (Å²) in [6.07, 6.45) is 0. The molecular formula is C7H6BrF2NO2S. The first-order valence-electron chi connectivity index (χ1n) is 3.44. The van der Waals surface area contributed by atoms with Crippen molar-refractivity contribution in [1.82, 2.24) is 0 Å². The zero-order valence-electron chi connectivity index (χ0n) is 6.80. The minimum absolute atomic E-state index is 0.00227. The Morgan fingerprint density at radius 1 is 1.36 bits per heavy atom. The number of halogens is 3. The van der Waals surface area contributed by atoms with Crippen LogP contribution in [0, 0.1) is 11.6 Å². The summed E-state index contributed by atoms with van der Waals surface area (Å²) in [7, 11) is -3.94. The minimum Gasteiger partial charge on any atom is -0.228 e. The molecule has 0 bridgehead atoms. The van der Waals surface area contributed by atoms with Crippen molar-refractivity contribution in [3.8, 4) is 0 Å². The monoisotopic (exact) mass is 285 g/mol. The molecule has 1 rings (SSSR count). The highest BCUT2D eigenvalue weighted by atomic mass is 79.9. The summed E-state index contributed by atoms with van der Waals surface area (Å²) in [5.41, 5.74) is -0.554. The number of benzene rings is 1. The first kappa shape index (κ1) is 11.5. The van der Waals surface area contributed by atoms with E-state index in [0.29, 0.717) is 0 Å². The standard InChI is InChI=1S/C7H6BrF2NO2S/c8-5-1-2-6(9)4(7(5)10)3-14(11,12)13/h1-2H,3H2,(H2,11,12,13). The smallest absolute Gasteiger partial charge is 0.213 e. The van der Waals surface area contributed by atoms with E-state index in [0.717, 1.165) is 12.1 Å². The molecule has 0 aliphatic rings. The van der Waals surface area contributed by atoms with E-state index in [-0.39, 0.29) is 4.47 Å². The molecule has 0 saturated carbocycles. The molecule has 0 amide bonds. The van der Waals surface area contributed by atoms with Crippen molar-refractivity contribution >= 4 is 26.0 Å². The van der Waals surface area contributed by atoms with Crippen molar-refractivity contribution in [1.29, 1.82) is 0 Å². The molecule has 0 aliphatic carbocycles. The number of primary sulfonamides is 1. The molecule has 0 saturated heterocycles. The van der Waals surface area contributed by atoms with Crippen molar-refractivity contribution in [3.63, 3.8) is 0 Å². The highest BCUT2D eigenvalue weighted by Gasteiger charge is 2.16. The zero-order chi connectivity index (χ0) is 10.9. The molecule has 1 aromatic rings. The molecule has 0 unspecified atom stereocenters. The lowest BCUT2D eigenvalue weighted by atomic mass is 10.2. The highest BCUT2D eigenvalue weighted by molar-refractivity contribution is 9.10. The van der Waals surface area contributed by atoms with Crippen molar-refractivity contribution in [3.05, 3.63) is 33.8 Å². The maximum atomic E-state index is 13.2. The zero-order valence-corrected chi connectivity index (χ0v) is 9.20. The van der Waals surface area contributed by atoms with E-state index in [4.69, 9.17) is 0 Å². The van der Waals surface area contributed by atoms with Crippen LogP contribution in [0.5, 0.6) is 0 Å². The molecule has 0 fully saturated rings. The molecule has 0 heterocycles. The van der Waals surface area contributed by atoms with Gasteiger partial charge in [0.1, 0.15) is 11.6 Å². The molecule has 14 heavy (non-hydrogen) atoms. The molecule has 7 heteroatoms. The lowest BCUT2D eigenvalue weighted by Crippen LogP contribution is -2.16. The van der Waals surface area contributed by atoms with E-state index in [1.165, 1.54) is 0 Å². The Morgan fingerprint density at radius 3 is 2.43 bits per heavy atom. The van der Waals surface area contributed by atoms with E-state index in [1.54, 1.807) is 0 Å². The van der Waals surface area contributed by atoms with Gasteiger partial charge in [-0.15, -0.1) is 0 Å². The van der Waals surface area contributed by atoms with Gasteiger partial charge in [0.15, 0.2) is 0 Å². The highest BCUT2D eigenvalue weighted by Crippen LogP contribution is 2.22. The van der Waals surface area contributed by atoms with Gasteiger partial charge >= 0.3 is 0 Å². The van der Waals surface area contributed by atoms with Gasteiger partial charge in [-0.25, -0.2) is 22.3 Å². The van der Waals surface area contributed by atoms with E-state index < -0.39 is 33.0 Å². The van der Waals surface area contributed by atoms with Crippen LogP contribution in [-0.2, 0) is 15.8 Å². The summed E-state index contributed by atoms with van der Waals surface area (Å²) in [4.78, 5) is 0. The fourth-order valence-electron chi connectivity index (χ4n) is 0.903. The third-order valence-electron chi connectivity index (χ3n) is 1.48. The molecule has 0 radical (unpaired) electrons. The molecule has 0 spiro atoms. The molecule has 0 aromatic heterocycles. The third kappa shape index (κ3) is 2.73. The average molecular weight is 286 g/mol. The van der Waals surface area contributed by atoms with Crippen molar-refractivity contribution in [2.45, 2.75) is 5.75 Å². The van der Waals surface area contributed by atoms with Gasteiger partial charge in [-0.1, -0.05) is 0 Å². The maximum Gasteiger partial charge on any atom is 0.213 e. The number of hydrogen-bond donors (Lipinski definition) is 1. The largest absolute Gasteiger partial charge is 0.228 e. The van der Waals surface area contributed by atoms with Gasteiger partial charge in [0, 0.05) is 5.56 Å². The van der Waals surface area contributed by atoms with Gasteiger partial charge in [-0.3, -0.25) is 0 Å². The molecule has 0 atom stereocenters. The van der Waals surface area contributed by atoms with Crippen LogP contribution in [0.1, 0.15) is 5.56 Å². The van der Waals surface area contributed by atoms with Crippen LogP contribution >= 0.6 is 15.9 Å². The first-order chi connectivity index (χ1) is 6.31. The van der Waals surface area contributed by atoms with Gasteiger partial charge in [0.05, 0.1) is 10.2 Å². The van der Waals surface area contributed by atoms with Crippen LogP contribution < -0.4 is 5.14 Å². The lowest BCUT2D eigenvalue weighted by Gasteiger charge is -2.04. The Kier molecular flexibility index (Phi) is 3.23. The fourth-order valence-corrected chi connectivity index (χ4v) is 1.94. The van der Waals surface area contributed by atoms with Crippen LogP contribution in [-0.4, -0.2) is 8.42 Å². The second-order valence-corrected chi connectivity index (χ2v) is 5.10. The summed E-state index contributed by atoms with van der Waals surface area (Å²) in [6.45, 7) is 0. The fraction of sp³-hybridized carbons (Fsp3) is 0.143. The Labute approximate surface area is 88.1 Å². The predicted molar refractivity (Wildman–Crippen MR) is 50.9 cm³/mol. The van der Waals surface area contributed by atoms with E-state index in [9.17, 15) is 17.2 Å². The van der Waals surface area contributed by atoms with Crippen LogP contribution in [0.3, 0.4) is 0 Å². The number of sulfonamides is 1. The molecule has 1 aromatic carbocycles. The van der Waals surface area contributed by atoms with Gasteiger partial charge in [-0.2, -0.15) is 0 Å². The van der Waals surface area contributed by atoms with Crippen molar-refractivity contribution in [2.24, 2.45) is 5.14 Å². The first-order valence-corrected chi connectivity index (χ1v) is 5.95. The van der Waals surface area contributed by atoms with Crippen LogP contribution in [0.2, 0.25) is 0 Å². The van der Waals surface area contributed by atoms with Crippen LogP contribution in [0.15, 0.2) is 16.6 Å². The Balaban J connectivity index is 3.27. The normalized spacial score (nSPS) is 11.7. The maximum absolute atomic E-state index is 13.2. The number of hydrogen-bond acceptors (Lipinski definition) is 2.